The van der Waals surface area contributed by atoms with Crippen molar-refractivity contribution in [3.63, 3.8) is 0 Å². The van der Waals surface area contributed by atoms with Gasteiger partial charge in [-0.3, -0.25) is 0 Å². The number of halogens is 2. The highest BCUT2D eigenvalue weighted by Gasteiger charge is 2.05. The van der Waals surface area contributed by atoms with E-state index in [9.17, 15) is 0 Å². The van der Waals surface area contributed by atoms with Crippen LogP contribution in [-0.4, -0.2) is 20.3 Å². The van der Waals surface area contributed by atoms with Gasteiger partial charge in [-0.25, -0.2) is 0 Å². The number of rotatable bonds is 7. The van der Waals surface area contributed by atoms with E-state index in [1.54, 1.807) is 13.2 Å². The third-order valence-electron chi connectivity index (χ3n) is 2.83. The van der Waals surface area contributed by atoms with Gasteiger partial charge in [0.15, 0.2) is 0 Å². The van der Waals surface area contributed by atoms with Gasteiger partial charge in [0.05, 0.1) is 11.1 Å². The van der Waals surface area contributed by atoms with E-state index in [0.29, 0.717) is 17.4 Å². The highest BCUT2D eigenvalue weighted by Crippen LogP contribution is 2.31. The number of nitrogens with one attached hydrogen (secondary N) is 1. The van der Waals surface area contributed by atoms with Crippen molar-refractivity contribution in [3.05, 3.63) is 57.5 Å². The van der Waals surface area contributed by atoms with E-state index in [1.807, 2.05) is 36.4 Å². The summed E-state index contributed by atoms with van der Waals surface area (Å²) in [5, 5.41) is 3.96. The van der Waals surface area contributed by atoms with Crippen LogP contribution in [0.3, 0.4) is 0 Å². The molecule has 0 aromatic heterocycles. The Balaban J connectivity index is 1.98. The van der Waals surface area contributed by atoms with Crippen molar-refractivity contribution in [3.8, 4) is 11.5 Å². The van der Waals surface area contributed by atoms with E-state index in [2.05, 4.69) is 21.2 Å². The molecule has 0 aliphatic carbocycles. The second-order valence-electron chi connectivity index (χ2n) is 4.49. The lowest BCUT2D eigenvalue weighted by Crippen LogP contribution is -2.18. The molecule has 0 aliphatic heterocycles. The molecule has 2 aromatic rings. The van der Waals surface area contributed by atoms with Crippen LogP contribution in [0.1, 0.15) is 5.56 Å². The lowest BCUT2D eigenvalue weighted by Gasteiger charge is -2.10. The average Bonchev–Trinajstić information content (AvgIpc) is 2.46. The van der Waals surface area contributed by atoms with E-state index in [1.165, 1.54) is 5.56 Å². The fourth-order valence-corrected chi connectivity index (χ4v) is 2.49. The first-order valence-electron chi connectivity index (χ1n) is 6.60. The molecule has 0 amide bonds. The Morgan fingerprint density at radius 3 is 2.76 bits per heavy atom. The van der Waals surface area contributed by atoms with Crippen molar-refractivity contribution in [1.29, 1.82) is 0 Å². The molecule has 2 aromatic carbocycles. The van der Waals surface area contributed by atoms with E-state index in [-0.39, 0.29) is 0 Å². The Kier molecular flexibility index (Phi) is 6.51. The molecule has 0 bridgehead atoms. The summed E-state index contributed by atoms with van der Waals surface area (Å²) >= 11 is 9.48. The minimum Gasteiger partial charge on any atom is -0.456 e. The Bertz CT molecular complexity index is 592. The third-order valence-corrected chi connectivity index (χ3v) is 3.69. The van der Waals surface area contributed by atoms with Crippen LogP contribution in [0.2, 0.25) is 5.02 Å². The molecule has 21 heavy (non-hydrogen) atoms. The molecular weight excluding hydrogens is 354 g/mol. The highest BCUT2D eigenvalue weighted by molar-refractivity contribution is 9.10. The lowest BCUT2D eigenvalue weighted by molar-refractivity contribution is 0.199. The average molecular weight is 371 g/mol. The summed E-state index contributed by atoms with van der Waals surface area (Å²) in [6.07, 6.45) is 0. The van der Waals surface area contributed by atoms with Gasteiger partial charge in [0.25, 0.3) is 0 Å². The molecule has 0 aliphatic rings. The predicted octanol–water partition coefficient (Wildman–Crippen LogP) is 4.63. The summed E-state index contributed by atoms with van der Waals surface area (Å²) in [6.45, 7) is 2.32. The maximum atomic E-state index is 5.95. The molecule has 0 unspecified atom stereocenters. The highest BCUT2D eigenvalue weighted by atomic mass is 79.9. The van der Waals surface area contributed by atoms with Crippen molar-refractivity contribution >= 4 is 27.5 Å². The van der Waals surface area contributed by atoms with Crippen LogP contribution >= 0.6 is 27.5 Å². The molecule has 0 fully saturated rings. The van der Waals surface area contributed by atoms with E-state index in [0.717, 1.165) is 23.3 Å². The smallest absolute Gasteiger partial charge is 0.141 e. The standard InChI is InChI=1S/C16H17BrClNO2/c1-20-8-7-19-11-12-5-6-16(15(17)9-12)21-14-4-2-3-13(18)10-14/h2-6,9-10,19H,7-8,11H2,1H3. The Labute approximate surface area is 138 Å². The first-order valence-corrected chi connectivity index (χ1v) is 7.77. The summed E-state index contributed by atoms with van der Waals surface area (Å²) in [5.41, 5.74) is 1.18. The first-order chi connectivity index (χ1) is 10.2. The minimum atomic E-state index is 0.655. The maximum Gasteiger partial charge on any atom is 0.141 e. The molecule has 0 saturated heterocycles. The van der Waals surface area contributed by atoms with Crippen LogP contribution < -0.4 is 10.1 Å². The van der Waals surface area contributed by atoms with E-state index >= 15 is 0 Å². The van der Waals surface area contributed by atoms with Gasteiger partial charge < -0.3 is 14.8 Å². The number of hydrogen-bond acceptors (Lipinski definition) is 3. The normalized spacial score (nSPS) is 10.6. The molecule has 0 heterocycles. The fraction of sp³-hybridized carbons (Fsp3) is 0.250. The van der Waals surface area contributed by atoms with Crippen LogP contribution in [-0.2, 0) is 11.3 Å². The number of hydrogen-bond donors (Lipinski definition) is 1. The molecule has 0 atom stereocenters. The van der Waals surface area contributed by atoms with Gasteiger partial charge >= 0.3 is 0 Å². The monoisotopic (exact) mass is 369 g/mol. The predicted molar refractivity (Wildman–Crippen MR) is 89.3 cm³/mol. The second kappa shape index (κ2) is 8.39. The summed E-state index contributed by atoms with van der Waals surface area (Å²) < 4.78 is 11.7. The van der Waals surface area contributed by atoms with Crippen molar-refractivity contribution in [2.24, 2.45) is 0 Å². The van der Waals surface area contributed by atoms with Crippen LogP contribution in [0.25, 0.3) is 0 Å². The third kappa shape index (κ3) is 5.32. The summed E-state index contributed by atoms with van der Waals surface area (Å²) in [7, 11) is 1.69. The number of ether oxygens (including phenoxy) is 2. The molecule has 0 radical (unpaired) electrons. The van der Waals surface area contributed by atoms with Gasteiger partial charge in [-0.1, -0.05) is 23.7 Å². The van der Waals surface area contributed by atoms with E-state index in [4.69, 9.17) is 21.1 Å². The maximum absolute atomic E-state index is 5.95. The molecule has 0 spiro atoms. The van der Waals surface area contributed by atoms with Crippen molar-refractivity contribution in [2.75, 3.05) is 20.3 Å². The van der Waals surface area contributed by atoms with Crippen molar-refractivity contribution < 1.29 is 9.47 Å². The minimum absolute atomic E-state index is 0.655. The summed E-state index contributed by atoms with van der Waals surface area (Å²) in [6, 6.07) is 13.4. The number of methoxy groups -OCH3 is 1. The zero-order valence-corrected chi connectivity index (χ0v) is 14.1. The number of benzene rings is 2. The van der Waals surface area contributed by atoms with Gasteiger partial charge in [-0.15, -0.1) is 0 Å². The lowest BCUT2D eigenvalue weighted by atomic mass is 10.2. The molecule has 112 valence electrons. The fourth-order valence-electron chi connectivity index (χ4n) is 1.80. The summed E-state index contributed by atoms with van der Waals surface area (Å²) in [5.74, 6) is 1.48. The molecule has 2 rings (SSSR count). The molecule has 1 N–H and O–H groups in total. The zero-order chi connectivity index (χ0) is 15.1. The Morgan fingerprint density at radius 1 is 1.19 bits per heavy atom. The molecule has 3 nitrogen and oxygen atoms in total. The van der Waals surface area contributed by atoms with Crippen LogP contribution in [0, 0.1) is 0 Å². The Hall–Kier alpha value is -1.07. The quantitative estimate of drug-likeness (QED) is 0.721. The SMILES string of the molecule is COCCNCc1ccc(Oc2cccc(Cl)c2)c(Br)c1. The Morgan fingerprint density at radius 2 is 2.05 bits per heavy atom. The molecule has 0 saturated carbocycles. The van der Waals surface area contributed by atoms with Gasteiger partial charge in [0.2, 0.25) is 0 Å². The van der Waals surface area contributed by atoms with Crippen molar-refractivity contribution in [1.82, 2.24) is 5.32 Å². The topological polar surface area (TPSA) is 30.5 Å². The van der Waals surface area contributed by atoms with E-state index < -0.39 is 0 Å². The van der Waals surface area contributed by atoms with Crippen LogP contribution in [0.15, 0.2) is 46.9 Å². The first kappa shape index (κ1) is 16.3. The van der Waals surface area contributed by atoms with Gasteiger partial charge in [-0.2, -0.15) is 0 Å². The van der Waals surface area contributed by atoms with Gasteiger partial charge in [0, 0.05) is 25.2 Å². The zero-order valence-electron chi connectivity index (χ0n) is 11.7. The van der Waals surface area contributed by atoms with Crippen molar-refractivity contribution in [2.45, 2.75) is 6.54 Å². The summed E-state index contributed by atoms with van der Waals surface area (Å²) in [4.78, 5) is 0. The van der Waals surface area contributed by atoms with Crippen LogP contribution in [0.4, 0.5) is 0 Å². The van der Waals surface area contributed by atoms with Gasteiger partial charge in [0.1, 0.15) is 11.5 Å². The molecular formula is C16H17BrClNO2. The van der Waals surface area contributed by atoms with Gasteiger partial charge in [-0.05, 0) is 51.8 Å². The second-order valence-corrected chi connectivity index (χ2v) is 5.78. The largest absolute Gasteiger partial charge is 0.456 e. The van der Waals surface area contributed by atoms with Crippen LogP contribution in [0.5, 0.6) is 11.5 Å². The molecule has 5 heteroatoms.